The molecule has 0 aromatic heterocycles. The Labute approximate surface area is 177 Å². The molecule has 0 bridgehead atoms. The quantitative estimate of drug-likeness (QED) is 0.116. The van der Waals surface area contributed by atoms with Crippen molar-refractivity contribution < 1.29 is 24.2 Å². The molecule has 0 aliphatic carbocycles. The van der Waals surface area contributed by atoms with E-state index in [9.17, 15) is 9.67 Å². The minimum Gasteiger partial charge on any atom is -0.384 e. The molecule has 170 valence electrons. The summed E-state index contributed by atoms with van der Waals surface area (Å²) in [5.74, 6) is 0.295. The number of ether oxygens (including phenoxy) is 1. The van der Waals surface area contributed by atoms with Crippen molar-refractivity contribution in [3.63, 3.8) is 0 Å². The lowest BCUT2D eigenvalue weighted by Gasteiger charge is -2.22. The number of unbranched alkanes of at least 4 members (excludes halogenated alkanes) is 13. The van der Waals surface area contributed by atoms with Crippen LogP contribution in [0.2, 0.25) is 0 Å². The van der Waals surface area contributed by atoms with E-state index >= 15 is 0 Å². The van der Waals surface area contributed by atoms with Crippen LogP contribution in [0.4, 0.5) is 0 Å². The van der Waals surface area contributed by atoms with Crippen molar-refractivity contribution in [3.05, 3.63) is 0 Å². The molecule has 3 N–H and O–H groups in total. The van der Waals surface area contributed by atoms with Crippen molar-refractivity contribution in [2.45, 2.75) is 102 Å². The van der Waals surface area contributed by atoms with Gasteiger partial charge in [0.2, 0.25) is 0 Å². The number of aliphatic hydroxyl groups is 1. The molecule has 2 unspecified atom stereocenters. The van der Waals surface area contributed by atoms with E-state index in [-0.39, 0.29) is 12.8 Å². The second kappa shape index (κ2) is 19.4. The van der Waals surface area contributed by atoms with Crippen LogP contribution in [-0.4, -0.2) is 46.0 Å². The van der Waals surface area contributed by atoms with E-state index in [1.165, 1.54) is 95.9 Å². The highest BCUT2D eigenvalue weighted by molar-refractivity contribution is 7.99. The summed E-state index contributed by atoms with van der Waals surface area (Å²) < 4.78 is 16.1. The Hall–Kier alpha value is 0.420. The SMILES string of the molecule is CCCCCCCCCCCCCCCCSC(O)C(COC)CP(=O)(O)O. The van der Waals surface area contributed by atoms with Gasteiger partial charge in [0.15, 0.2) is 0 Å². The van der Waals surface area contributed by atoms with Gasteiger partial charge >= 0.3 is 7.60 Å². The molecule has 0 rings (SSSR count). The molecular weight excluding hydrogens is 395 g/mol. The normalized spacial score (nSPS) is 14.3. The second-order valence-corrected chi connectivity index (χ2v) is 10.8. The summed E-state index contributed by atoms with van der Waals surface area (Å²) in [6.07, 6.45) is 18.1. The van der Waals surface area contributed by atoms with Gasteiger partial charge in [0.1, 0.15) is 5.44 Å². The zero-order valence-electron chi connectivity index (χ0n) is 18.2. The van der Waals surface area contributed by atoms with Gasteiger partial charge in [-0.05, 0) is 12.2 Å². The van der Waals surface area contributed by atoms with Crippen LogP contribution in [-0.2, 0) is 9.30 Å². The van der Waals surface area contributed by atoms with Crippen molar-refractivity contribution in [2.75, 3.05) is 25.6 Å². The van der Waals surface area contributed by atoms with Gasteiger partial charge in [-0.3, -0.25) is 4.57 Å². The third kappa shape index (κ3) is 19.7. The van der Waals surface area contributed by atoms with Crippen LogP contribution < -0.4 is 0 Å². The maximum absolute atomic E-state index is 11.2. The topological polar surface area (TPSA) is 87.0 Å². The molecule has 2 atom stereocenters. The Morgan fingerprint density at radius 2 is 1.25 bits per heavy atom. The number of thioether (sulfide) groups is 1. The number of aliphatic hydroxyl groups excluding tert-OH is 1. The zero-order valence-corrected chi connectivity index (χ0v) is 19.9. The van der Waals surface area contributed by atoms with E-state index in [0.717, 1.165) is 18.6 Å². The predicted octanol–water partition coefficient (Wildman–Crippen LogP) is 5.96. The molecular formula is C21H45O5PS. The van der Waals surface area contributed by atoms with Crippen LogP contribution in [0.15, 0.2) is 0 Å². The molecule has 0 saturated heterocycles. The van der Waals surface area contributed by atoms with E-state index in [0.29, 0.717) is 0 Å². The molecule has 0 aliphatic heterocycles. The maximum Gasteiger partial charge on any atom is 0.326 e. The summed E-state index contributed by atoms with van der Waals surface area (Å²) in [5, 5.41) is 10.1. The molecule has 0 spiro atoms. The van der Waals surface area contributed by atoms with Gasteiger partial charge in [-0.15, -0.1) is 11.8 Å². The van der Waals surface area contributed by atoms with Crippen molar-refractivity contribution in [1.29, 1.82) is 0 Å². The lowest BCUT2D eigenvalue weighted by Crippen LogP contribution is -2.25. The van der Waals surface area contributed by atoms with E-state index in [2.05, 4.69) is 6.92 Å². The van der Waals surface area contributed by atoms with Gasteiger partial charge in [-0.2, -0.15) is 0 Å². The van der Waals surface area contributed by atoms with Crippen LogP contribution in [0.3, 0.4) is 0 Å². The van der Waals surface area contributed by atoms with E-state index in [1.54, 1.807) is 0 Å². The number of hydrogen-bond acceptors (Lipinski definition) is 4. The smallest absolute Gasteiger partial charge is 0.326 e. The average molecular weight is 441 g/mol. The van der Waals surface area contributed by atoms with E-state index < -0.39 is 18.9 Å². The third-order valence-electron chi connectivity index (χ3n) is 5.04. The maximum atomic E-state index is 11.2. The van der Waals surface area contributed by atoms with Crippen LogP contribution in [0.1, 0.15) is 96.8 Å². The van der Waals surface area contributed by atoms with E-state index in [4.69, 9.17) is 14.5 Å². The summed E-state index contributed by atoms with van der Waals surface area (Å²) in [5.41, 5.74) is -0.783. The highest BCUT2D eigenvalue weighted by Gasteiger charge is 2.27. The lowest BCUT2D eigenvalue weighted by atomic mass is 10.0. The highest BCUT2D eigenvalue weighted by Crippen LogP contribution is 2.39. The molecule has 0 radical (unpaired) electrons. The zero-order chi connectivity index (χ0) is 21.1. The Balaban J connectivity index is 3.47. The molecule has 0 aliphatic rings. The summed E-state index contributed by atoms with van der Waals surface area (Å²) in [6.45, 7) is 2.43. The van der Waals surface area contributed by atoms with Gasteiger partial charge in [0.25, 0.3) is 0 Å². The van der Waals surface area contributed by atoms with Crippen molar-refractivity contribution in [2.24, 2.45) is 5.92 Å². The third-order valence-corrected chi connectivity index (χ3v) is 7.24. The minimum atomic E-state index is -4.13. The van der Waals surface area contributed by atoms with Crippen LogP contribution in [0.5, 0.6) is 0 Å². The van der Waals surface area contributed by atoms with E-state index in [1.807, 2.05) is 0 Å². The second-order valence-electron chi connectivity index (χ2n) is 7.92. The van der Waals surface area contributed by atoms with Gasteiger partial charge < -0.3 is 19.6 Å². The van der Waals surface area contributed by atoms with Gasteiger partial charge in [-0.25, -0.2) is 0 Å². The first-order valence-electron chi connectivity index (χ1n) is 11.2. The largest absolute Gasteiger partial charge is 0.384 e. The van der Waals surface area contributed by atoms with Gasteiger partial charge in [-0.1, -0.05) is 90.4 Å². The molecule has 0 heterocycles. The lowest BCUT2D eigenvalue weighted by molar-refractivity contribution is 0.102. The fourth-order valence-corrected chi connectivity index (χ4v) is 5.50. The summed E-state index contributed by atoms with van der Waals surface area (Å²) in [7, 11) is -2.65. The number of rotatable bonds is 21. The van der Waals surface area contributed by atoms with Crippen LogP contribution in [0.25, 0.3) is 0 Å². The molecule has 0 amide bonds. The standard InChI is InChI=1S/C21H45O5PS/c1-3-4-5-6-7-8-9-10-11-12-13-14-15-16-17-28-21(22)20(18-26-2)19-27(23,24)25/h20-22H,3-19H2,1-2H3,(H2,23,24,25). The fourth-order valence-electron chi connectivity index (χ4n) is 3.38. The molecule has 0 saturated carbocycles. The Morgan fingerprint density at radius 1 is 0.821 bits per heavy atom. The Bertz CT molecular complexity index is 378. The first-order valence-corrected chi connectivity index (χ1v) is 14.1. The van der Waals surface area contributed by atoms with Gasteiger partial charge in [0.05, 0.1) is 12.8 Å². The molecule has 0 fully saturated rings. The van der Waals surface area contributed by atoms with Crippen LogP contribution in [0, 0.1) is 5.92 Å². The molecule has 5 nitrogen and oxygen atoms in total. The van der Waals surface area contributed by atoms with Crippen molar-refractivity contribution in [3.8, 4) is 0 Å². The first-order chi connectivity index (χ1) is 13.4. The van der Waals surface area contributed by atoms with Crippen molar-refractivity contribution >= 4 is 19.4 Å². The minimum absolute atomic E-state index is 0.165. The fraction of sp³-hybridized carbons (Fsp3) is 1.00. The summed E-state index contributed by atoms with van der Waals surface area (Å²) in [6, 6.07) is 0. The first kappa shape index (κ1) is 28.4. The Morgan fingerprint density at radius 3 is 1.64 bits per heavy atom. The predicted molar refractivity (Wildman–Crippen MR) is 121 cm³/mol. The van der Waals surface area contributed by atoms with Crippen molar-refractivity contribution in [1.82, 2.24) is 0 Å². The monoisotopic (exact) mass is 440 g/mol. The number of hydrogen-bond donors (Lipinski definition) is 3. The summed E-state index contributed by atoms with van der Waals surface area (Å²) in [4.78, 5) is 18.2. The average Bonchev–Trinajstić information content (AvgIpc) is 2.63. The highest BCUT2D eigenvalue weighted by atomic mass is 32.2. The molecule has 7 heteroatoms. The molecule has 28 heavy (non-hydrogen) atoms. The Kier molecular flexibility index (Phi) is 19.7. The molecule has 0 aromatic rings. The number of methoxy groups -OCH3 is 1. The van der Waals surface area contributed by atoms with Gasteiger partial charge in [0, 0.05) is 13.0 Å². The molecule has 0 aromatic carbocycles. The van der Waals surface area contributed by atoms with Crippen LogP contribution >= 0.6 is 19.4 Å². The summed E-state index contributed by atoms with van der Waals surface area (Å²) >= 11 is 1.38.